The number of imide groups is 1. The Kier molecular flexibility index (Phi) is 5.13. The minimum absolute atomic E-state index is 0.218. The number of carbonyl (C=O) groups is 3. The number of nitrogens with zero attached hydrogens (tertiary/aromatic N) is 1. The van der Waals surface area contributed by atoms with E-state index in [1.807, 2.05) is 48.5 Å². The van der Waals surface area contributed by atoms with Crippen molar-refractivity contribution in [2.45, 2.75) is 0 Å². The van der Waals surface area contributed by atoms with Gasteiger partial charge in [-0.3, -0.25) is 19.3 Å². The van der Waals surface area contributed by atoms with Crippen molar-refractivity contribution < 1.29 is 14.4 Å². The van der Waals surface area contributed by atoms with Crippen molar-refractivity contribution in [2.24, 2.45) is 0 Å². The van der Waals surface area contributed by atoms with Crippen LogP contribution in [0.15, 0.2) is 90.6 Å². The van der Waals surface area contributed by atoms with Crippen LogP contribution in [0.25, 0.3) is 5.57 Å². The van der Waals surface area contributed by atoms with Crippen molar-refractivity contribution in [3.05, 3.63) is 102 Å². The van der Waals surface area contributed by atoms with Crippen LogP contribution in [-0.2, 0) is 9.59 Å². The normalized spacial score (nSPS) is 13.6. The summed E-state index contributed by atoms with van der Waals surface area (Å²) in [6.07, 6.45) is 0. The topological polar surface area (TPSA) is 78.5 Å². The standard InChI is InChI=1S/C24H19N3O3/c1-27-23(29)20(16-8-4-2-5-9-16)21(24(27)30)25-19-14-12-17(13-15-19)22(28)26-18-10-6-3-7-11-18/h2-15,25H,1H3,(H,26,28). The van der Waals surface area contributed by atoms with Crippen LogP contribution in [0.2, 0.25) is 0 Å². The molecule has 0 saturated heterocycles. The predicted octanol–water partition coefficient (Wildman–Crippen LogP) is 3.76. The Hall–Kier alpha value is -4.19. The molecular formula is C24H19N3O3. The molecule has 0 spiro atoms. The van der Waals surface area contributed by atoms with Gasteiger partial charge in [-0.2, -0.15) is 0 Å². The van der Waals surface area contributed by atoms with Crippen LogP contribution in [0.3, 0.4) is 0 Å². The zero-order valence-electron chi connectivity index (χ0n) is 16.3. The first-order valence-corrected chi connectivity index (χ1v) is 9.40. The highest BCUT2D eigenvalue weighted by Crippen LogP contribution is 2.29. The van der Waals surface area contributed by atoms with Gasteiger partial charge in [-0.15, -0.1) is 0 Å². The third-order valence-corrected chi connectivity index (χ3v) is 4.80. The SMILES string of the molecule is CN1C(=O)C(Nc2ccc(C(=O)Nc3ccccc3)cc2)=C(c2ccccc2)C1=O. The van der Waals surface area contributed by atoms with Crippen molar-refractivity contribution in [1.82, 2.24) is 4.90 Å². The average Bonchev–Trinajstić information content (AvgIpc) is 2.99. The summed E-state index contributed by atoms with van der Waals surface area (Å²) >= 11 is 0. The molecule has 3 amide bonds. The number of nitrogens with one attached hydrogen (secondary N) is 2. The first-order valence-electron chi connectivity index (χ1n) is 9.40. The van der Waals surface area contributed by atoms with E-state index in [-0.39, 0.29) is 17.5 Å². The van der Waals surface area contributed by atoms with E-state index in [2.05, 4.69) is 10.6 Å². The lowest BCUT2D eigenvalue weighted by atomic mass is 10.0. The van der Waals surface area contributed by atoms with Crippen LogP contribution < -0.4 is 10.6 Å². The fourth-order valence-corrected chi connectivity index (χ4v) is 3.20. The minimum atomic E-state index is -0.398. The maximum Gasteiger partial charge on any atom is 0.277 e. The summed E-state index contributed by atoms with van der Waals surface area (Å²) in [7, 11) is 1.46. The van der Waals surface area contributed by atoms with E-state index in [0.717, 1.165) is 4.90 Å². The van der Waals surface area contributed by atoms with Crippen molar-refractivity contribution in [1.29, 1.82) is 0 Å². The van der Waals surface area contributed by atoms with Gasteiger partial charge in [0.05, 0.1) is 5.57 Å². The van der Waals surface area contributed by atoms with E-state index in [4.69, 9.17) is 0 Å². The number of rotatable bonds is 5. The van der Waals surface area contributed by atoms with Gasteiger partial charge in [-0.1, -0.05) is 48.5 Å². The summed E-state index contributed by atoms with van der Waals surface area (Å²) in [6, 6.07) is 25.0. The Bertz CT molecular complexity index is 1140. The largest absolute Gasteiger partial charge is 0.350 e. The van der Waals surface area contributed by atoms with E-state index in [9.17, 15) is 14.4 Å². The number of para-hydroxylation sites is 1. The van der Waals surface area contributed by atoms with Gasteiger partial charge >= 0.3 is 0 Å². The molecule has 0 bridgehead atoms. The Morgan fingerprint density at radius 3 is 1.97 bits per heavy atom. The van der Waals surface area contributed by atoms with Gasteiger partial charge in [-0.25, -0.2) is 0 Å². The number of anilines is 2. The number of likely N-dealkylation sites (N-methyl/N-ethyl adjacent to an activating group) is 1. The molecule has 30 heavy (non-hydrogen) atoms. The molecule has 148 valence electrons. The molecule has 0 fully saturated rings. The fourth-order valence-electron chi connectivity index (χ4n) is 3.20. The van der Waals surface area contributed by atoms with Crippen LogP contribution in [0, 0.1) is 0 Å². The molecule has 0 unspecified atom stereocenters. The van der Waals surface area contributed by atoms with E-state index in [1.165, 1.54) is 7.05 Å². The average molecular weight is 397 g/mol. The highest BCUT2D eigenvalue weighted by Gasteiger charge is 2.36. The van der Waals surface area contributed by atoms with Gasteiger partial charge in [0.15, 0.2) is 0 Å². The van der Waals surface area contributed by atoms with Crippen LogP contribution in [0.5, 0.6) is 0 Å². The quantitative estimate of drug-likeness (QED) is 0.643. The van der Waals surface area contributed by atoms with E-state index in [1.54, 1.807) is 36.4 Å². The Balaban J connectivity index is 1.57. The van der Waals surface area contributed by atoms with Crippen LogP contribution >= 0.6 is 0 Å². The molecule has 6 nitrogen and oxygen atoms in total. The third kappa shape index (κ3) is 3.71. The first-order chi connectivity index (χ1) is 14.5. The zero-order chi connectivity index (χ0) is 21.1. The maximum atomic E-state index is 12.6. The van der Waals surface area contributed by atoms with Gasteiger partial charge < -0.3 is 10.6 Å². The van der Waals surface area contributed by atoms with Gasteiger partial charge in [-0.05, 0) is 42.0 Å². The van der Waals surface area contributed by atoms with Crippen LogP contribution in [0.4, 0.5) is 11.4 Å². The Morgan fingerprint density at radius 2 is 1.33 bits per heavy atom. The third-order valence-electron chi connectivity index (χ3n) is 4.80. The fraction of sp³-hybridized carbons (Fsp3) is 0.0417. The lowest BCUT2D eigenvalue weighted by Crippen LogP contribution is -2.27. The number of hydrogen-bond acceptors (Lipinski definition) is 4. The van der Waals surface area contributed by atoms with Gasteiger partial charge in [0.1, 0.15) is 5.70 Å². The van der Waals surface area contributed by atoms with Crippen molar-refractivity contribution in [3.8, 4) is 0 Å². The summed E-state index contributed by atoms with van der Waals surface area (Å²) < 4.78 is 0. The second kappa shape index (κ2) is 8.05. The van der Waals surface area contributed by atoms with Crippen LogP contribution in [0.1, 0.15) is 15.9 Å². The van der Waals surface area contributed by atoms with Crippen molar-refractivity contribution >= 4 is 34.7 Å². The van der Waals surface area contributed by atoms with E-state index >= 15 is 0 Å². The summed E-state index contributed by atoms with van der Waals surface area (Å²) in [5.74, 6) is -0.985. The summed E-state index contributed by atoms with van der Waals surface area (Å²) in [5.41, 5.74) is 3.00. The number of carbonyl (C=O) groups excluding carboxylic acids is 3. The molecule has 0 radical (unpaired) electrons. The number of amides is 3. The Labute approximate surface area is 173 Å². The van der Waals surface area contributed by atoms with Gasteiger partial charge in [0.25, 0.3) is 17.7 Å². The van der Waals surface area contributed by atoms with Crippen LogP contribution in [-0.4, -0.2) is 29.7 Å². The smallest absolute Gasteiger partial charge is 0.277 e. The molecule has 0 aromatic heterocycles. The molecule has 1 aliphatic heterocycles. The molecule has 3 aromatic carbocycles. The van der Waals surface area contributed by atoms with Gasteiger partial charge in [0, 0.05) is 24.0 Å². The second-order valence-electron chi connectivity index (χ2n) is 6.81. The lowest BCUT2D eigenvalue weighted by molar-refractivity contribution is -0.135. The minimum Gasteiger partial charge on any atom is -0.350 e. The first kappa shape index (κ1) is 19.1. The molecular weight excluding hydrogens is 378 g/mol. The monoisotopic (exact) mass is 397 g/mol. The molecule has 3 aromatic rings. The van der Waals surface area contributed by atoms with Crippen molar-refractivity contribution in [3.63, 3.8) is 0 Å². The van der Waals surface area contributed by atoms with E-state index < -0.39 is 5.91 Å². The molecule has 2 N–H and O–H groups in total. The summed E-state index contributed by atoms with van der Waals surface area (Å²) in [5, 5.41) is 5.88. The molecule has 4 rings (SSSR count). The molecule has 0 aliphatic carbocycles. The maximum absolute atomic E-state index is 12.6. The van der Waals surface area contributed by atoms with E-state index in [0.29, 0.717) is 28.1 Å². The highest BCUT2D eigenvalue weighted by molar-refractivity contribution is 6.36. The second-order valence-corrected chi connectivity index (χ2v) is 6.81. The van der Waals surface area contributed by atoms with Crippen molar-refractivity contribution in [2.75, 3.05) is 17.7 Å². The molecule has 0 saturated carbocycles. The number of benzene rings is 3. The molecule has 1 heterocycles. The molecule has 1 aliphatic rings. The highest BCUT2D eigenvalue weighted by atomic mass is 16.2. The lowest BCUT2D eigenvalue weighted by Gasteiger charge is -2.10. The Morgan fingerprint density at radius 1 is 0.733 bits per heavy atom. The number of hydrogen-bond donors (Lipinski definition) is 2. The van der Waals surface area contributed by atoms with Gasteiger partial charge in [0.2, 0.25) is 0 Å². The summed E-state index contributed by atoms with van der Waals surface area (Å²) in [6.45, 7) is 0. The summed E-state index contributed by atoms with van der Waals surface area (Å²) in [4.78, 5) is 38.7. The zero-order valence-corrected chi connectivity index (χ0v) is 16.3. The predicted molar refractivity (Wildman–Crippen MR) is 116 cm³/mol. The molecule has 6 heteroatoms. The molecule has 0 atom stereocenters.